The molecule has 0 saturated heterocycles. The normalized spacial score (nSPS) is 13.5. The second-order valence-electron chi connectivity index (χ2n) is 3.35. The highest BCUT2D eigenvalue weighted by Gasteiger charge is 2.16. The molecule has 0 unspecified atom stereocenters. The maximum absolute atomic E-state index is 5.70. The lowest BCUT2D eigenvalue weighted by Crippen LogP contribution is -2.38. The van der Waals surface area contributed by atoms with Crippen molar-refractivity contribution in [1.29, 1.82) is 0 Å². The van der Waals surface area contributed by atoms with Crippen LogP contribution in [-0.4, -0.2) is 25.3 Å². The average molecular weight is 226 g/mol. The molecule has 2 nitrogen and oxygen atoms in total. The Kier molecular flexibility index (Phi) is 6.78. The number of hydrogen-bond donors (Lipinski definition) is 1. The van der Waals surface area contributed by atoms with Crippen LogP contribution in [0.3, 0.4) is 0 Å². The summed E-state index contributed by atoms with van der Waals surface area (Å²) in [5.41, 5.74) is 1.21. The topological polar surface area (TPSA) is 21.3 Å². The standard InChI is InChI=1S/C9H17Cl2NO/c1-4-13-9(2,3)7-12-6-8(11)5-10/h5,12H,4,6-7H2,1-3H3. The smallest absolute Gasteiger partial charge is 0.0750 e. The summed E-state index contributed by atoms with van der Waals surface area (Å²) in [7, 11) is 0. The van der Waals surface area contributed by atoms with E-state index in [0.717, 1.165) is 6.54 Å². The monoisotopic (exact) mass is 225 g/mol. The minimum atomic E-state index is -0.155. The van der Waals surface area contributed by atoms with Gasteiger partial charge in [0.05, 0.1) is 5.60 Å². The number of hydrogen-bond acceptors (Lipinski definition) is 2. The van der Waals surface area contributed by atoms with Crippen molar-refractivity contribution in [3.8, 4) is 0 Å². The number of halogens is 2. The molecule has 0 aliphatic carbocycles. The van der Waals surface area contributed by atoms with E-state index in [1.807, 2.05) is 20.8 Å². The lowest BCUT2D eigenvalue weighted by atomic mass is 10.1. The van der Waals surface area contributed by atoms with E-state index in [-0.39, 0.29) is 5.60 Å². The van der Waals surface area contributed by atoms with E-state index >= 15 is 0 Å². The van der Waals surface area contributed by atoms with Crippen LogP contribution in [0.25, 0.3) is 0 Å². The van der Waals surface area contributed by atoms with Crippen LogP contribution in [0.1, 0.15) is 20.8 Å². The molecule has 0 fully saturated rings. The SMILES string of the molecule is CCOC(C)(C)CNCC(Cl)=CCl. The van der Waals surface area contributed by atoms with E-state index in [9.17, 15) is 0 Å². The van der Waals surface area contributed by atoms with Gasteiger partial charge in [0.25, 0.3) is 0 Å². The highest BCUT2D eigenvalue weighted by Crippen LogP contribution is 2.07. The molecule has 0 aromatic rings. The van der Waals surface area contributed by atoms with Gasteiger partial charge >= 0.3 is 0 Å². The van der Waals surface area contributed by atoms with E-state index < -0.39 is 0 Å². The van der Waals surface area contributed by atoms with E-state index in [1.54, 1.807) is 0 Å². The first-order chi connectivity index (χ1) is 6.02. The number of nitrogens with one attached hydrogen (secondary N) is 1. The molecule has 1 N–H and O–H groups in total. The number of ether oxygens (including phenoxy) is 1. The van der Waals surface area contributed by atoms with Crippen molar-refractivity contribution in [3.05, 3.63) is 10.6 Å². The molecule has 0 atom stereocenters. The molecule has 0 aliphatic heterocycles. The summed E-state index contributed by atoms with van der Waals surface area (Å²) < 4.78 is 5.49. The fourth-order valence-electron chi connectivity index (χ4n) is 0.963. The summed E-state index contributed by atoms with van der Waals surface area (Å²) in [5.74, 6) is 0. The third-order valence-electron chi connectivity index (χ3n) is 1.50. The molecule has 0 aromatic heterocycles. The average Bonchev–Trinajstić information content (AvgIpc) is 2.03. The van der Waals surface area contributed by atoms with Crippen LogP contribution in [-0.2, 0) is 4.74 Å². The Balaban J connectivity index is 3.63. The highest BCUT2D eigenvalue weighted by atomic mass is 35.5. The summed E-state index contributed by atoms with van der Waals surface area (Å²) in [4.78, 5) is 0. The molecule has 13 heavy (non-hydrogen) atoms. The molecule has 78 valence electrons. The predicted molar refractivity (Wildman–Crippen MR) is 58.4 cm³/mol. The summed E-state index contributed by atoms with van der Waals surface area (Å²) in [6.07, 6.45) is 0. The Hall–Kier alpha value is 0.240. The van der Waals surface area contributed by atoms with Crippen molar-refractivity contribution >= 4 is 23.2 Å². The van der Waals surface area contributed by atoms with Crippen LogP contribution >= 0.6 is 23.2 Å². The fraction of sp³-hybridized carbons (Fsp3) is 0.778. The van der Waals surface area contributed by atoms with Crippen molar-refractivity contribution in [3.63, 3.8) is 0 Å². The van der Waals surface area contributed by atoms with Crippen LogP contribution in [0, 0.1) is 0 Å². The van der Waals surface area contributed by atoms with Gasteiger partial charge in [-0.1, -0.05) is 23.2 Å². The molecule has 0 saturated carbocycles. The van der Waals surface area contributed by atoms with E-state index in [2.05, 4.69) is 5.32 Å². The van der Waals surface area contributed by atoms with Crippen LogP contribution in [0.2, 0.25) is 0 Å². The Morgan fingerprint density at radius 1 is 1.54 bits per heavy atom. The molecule has 0 rings (SSSR count). The van der Waals surface area contributed by atoms with Crippen molar-refractivity contribution < 1.29 is 4.74 Å². The molecule has 0 spiro atoms. The van der Waals surface area contributed by atoms with E-state index in [1.165, 1.54) is 5.54 Å². The summed E-state index contributed by atoms with van der Waals surface area (Å²) >= 11 is 11.1. The Bertz CT molecular complexity index is 169. The van der Waals surface area contributed by atoms with Crippen LogP contribution in [0.15, 0.2) is 10.6 Å². The van der Waals surface area contributed by atoms with Crippen LogP contribution in [0.5, 0.6) is 0 Å². The largest absolute Gasteiger partial charge is 0.375 e. The number of rotatable bonds is 6. The molecule has 0 amide bonds. The maximum Gasteiger partial charge on any atom is 0.0750 e. The highest BCUT2D eigenvalue weighted by molar-refractivity contribution is 6.36. The zero-order chi connectivity index (χ0) is 10.3. The summed E-state index contributed by atoms with van der Waals surface area (Å²) in [6.45, 7) is 8.09. The lowest BCUT2D eigenvalue weighted by Gasteiger charge is -2.24. The van der Waals surface area contributed by atoms with Gasteiger partial charge in [0.1, 0.15) is 0 Å². The van der Waals surface area contributed by atoms with E-state index in [4.69, 9.17) is 27.9 Å². The quantitative estimate of drug-likeness (QED) is 0.751. The molecular formula is C9H17Cl2NO. The molecule has 0 radical (unpaired) electrons. The van der Waals surface area contributed by atoms with E-state index in [0.29, 0.717) is 18.2 Å². The zero-order valence-electron chi connectivity index (χ0n) is 8.36. The van der Waals surface area contributed by atoms with Crippen LogP contribution < -0.4 is 5.32 Å². The zero-order valence-corrected chi connectivity index (χ0v) is 9.87. The molecule has 0 heterocycles. The molecular weight excluding hydrogens is 209 g/mol. The van der Waals surface area contributed by atoms with Crippen molar-refractivity contribution in [2.75, 3.05) is 19.7 Å². The predicted octanol–water partition coefficient (Wildman–Crippen LogP) is 2.71. The van der Waals surface area contributed by atoms with Crippen LogP contribution in [0.4, 0.5) is 0 Å². The second kappa shape index (κ2) is 6.66. The first-order valence-corrected chi connectivity index (χ1v) is 5.12. The Labute approximate surface area is 90.2 Å². The molecule has 0 aliphatic rings. The summed E-state index contributed by atoms with van der Waals surface area (Å²) in [5, 5.41) is 3.76. The van der Waals surface area contributed by atoms with Gasteiger partial charge in [0.2, 0.25) is 0 Å². The van der Waals surface area contributed by atoms with Gasteiger partial charge < -0.3 is 10.1 Å². The second-order valence-corrected chi connectivity index (χ2v) is 4.06. The van der Waals surface area contributed by atoms with Gasteiger partial charge in [-0.3, -0.25) is 0 Å². The molecule has 0 aromatic carbocycles. The minimum absolute atomic E-state index is 0.155. The molecule has 4 heteroatoms. The fourth-order valence-corrected chi connectivity index (χ4v) is 1.13. The van der Waals surface area contributed by atoms with Gasteiger partial charge in [0.15, 0.2) is 0 Å². The summed E-state index contributed by atoms with van der Waals surface area (Å²) in [6, 6.07) is 0. The third-order valence-corrected chi connectivity index (χ3v) is 2.12. The van der Waals surface area contributed by atoms with Gasteiger partial charge in [-0.15, -0.1) is 0 Å². The lowest BCUT2D eigenvalue weighted by molar-refractivity contribution is -0.00815. The third kappa shape index (κ3) is 7.32. The van der Waals surface area contributed by atoms with Gasteiger partial charge in [0, 0.05) is 30.3 Å². The maximum atomic E-state index is 5.70. The van der Waals surface area contributed by atoms with Gasteiger partial charge in [-0.05, 0) is 20.8 Å². The minimum Gasteiger partial charge on any atom is -0.375 e. The van der Waals surface area contributed by atoms with Crippen molar-refractivity contribution in [2.24, 2.45) is 0 Å². The first-order valence-electron chi connectivity index (χ1n) is 4.31. The first kappa shape index (κ1) is 13.2. The van der Waals surface area contributed by atoms with Gasteiger partial charge in [-0.2, -0.15) is 0 Å². The Morgan fingerprint density at radius 3 is 2.62 bits per heavy atom. The van der Waals surface area contributed by atoms with Crippen molar-refractivity contribution in [2.45, 2.75) is 26.4 Å². The molecule has 0 bridgehead atoms. The van der Waals surface area contributed by atoms with Gasteiger partial charge in [-0.25, -0.2) is 0 Å². The van der Waals surface area contributed by atoms with Crippen molar-refractivity contribution in [1.82, 2.24) is 5.32 Å². The Morgan fingerprint density at radius 2 is 2.15 bits per heavy atom.